The van der Waals surface area contributed by atoms with E-state index in [0.29, 0.717) is 10.0 Å². The zero-order valence-electron chi connectivity index (χ0n) is 8.22. The number of hydrogen-bond acceptors (Lipinski definition) is 0. The molecule has 0 spiro atoms. The zero-order valence-corrected chi connectivity index (χ0v) is 9.73. The van der Waals surface area contributed by atoms with Crippen LogP contribution in [0.1, 0.15) is 0 Å². The molecule has 0 aromatic heterocycles. The van der Waals surface area contributed by atoms with Gasteiger partial charge in [-0.25, -0.2) is 0 Å². The van der Waals surface area contributed by atoms with Crippen molar-refractivity contribution in [3.8, 4) is 0 Å². The molecule has 0 bridgehead atoms. The molecule has 0 unspecified atom stereocenters. The lowest BCUT2D eigenvalue weighted by atomic mass is 10.0. The van der Waals surface area contributed by atoms with Crippen LogP contribution in [0.3, 0.4) is 0 Å². The molecule has 0 aliphatic rings. The fraction of sp³-hybridized carbons (Fsp3) is 0. The molecule has 2 radical (unpaired) electrons. The molecule has 2 heteroatoms. The summed E-state index contributed by atoms with van der Waals surface area (Å²) in [6.07, 6.45) is 0. The fourth-order valence-electron chi connectivity index (χ4n) is 1.90. The lowest BCUT2D eigenvalue weighted by molar-refractivity contribution is 1.74. The van der Waals surface area contributed by atoms with E-state index in [1.165, 1.54) is 0 Å². The highest BCUT2D eigenvalue weighted by atomic mass is 35.5. The predicted molar refractivity (Wildman–Crippen MR) is 69.1 cm³/mol. The molecule has 0 nitrogen and oxygen atoms in total. The second kappa shape index (κ2) is 3.65. The smallest absolute Gasteiger partial charge is 0.0497 e. The molecule has 0 heterocycles. The first kappa shape index (κ1) is 9.95. The zero-order chi connectivity index (χ0) is 11.1. The summed E-state index contributed by atoms with van der Waals surface area (Å²) in [6.45, 7) is 0. The van der Waals surface area contributed by atoms with Crippen LogP contribution < -0.4 is 0 Å². The van der Waals surface area contributed by atoms with E-state index in [2.05, 4.69) is 12.1 Å². The minimum atomic E-state index is 0.580. The Bertz CT molecular complexity index is 687. The molecule has 0 atom stereocenters. The van der Waals surface area contributed by atoms with Gasteiger partial charge in [0.15, 0.2) is 0 Å². The number of rotatable bonds is 0. The first-order valence-corrected chi connectivity index (χ1v) is 5.61. The Morgan fingerprint density at radius 2 is 1.88 bits per heavy atom. The van der Waals surface area contributed by atoms with E-state index in [0.717, 1.165) is 21.5 Å². The molecular formula is C14H6Cl2. The SMILES string of the molecule is Clc1[c]c2c(Cl)cc3c[c]ccc3c2cc1. The molecule has 3 aromatic rings. The maximum Gasteiger partial charge on any atom is 0.0497 e. The van der Waals surface area contributed by atoms with E-state index in [1.807, 2.05) is 36.4 Å². The van der Waals surface area contributed by atoms with Crippen molar-refractivity contribution in [2.45, 2.75) is 0 Å². The maximum absolute atomic E-state index is 6.20. The van der Waals surface area contributed by atoms with Crippen molar-refractivity contribution in [1.29, 1.82) is 0 Å². The highest BCUT2D eigenvalue weighted by molar-refractivity contribution is 6.38. The van der Waals surface area contributed by atoms with E-state index in [4.69, 9.17) is 23.2 Å². The van der Waals surface area contributed by atoms with E-state index in [1.54, 1.807) is 0 Å². The minimum Gasteiger partial charge on any atom is -0.0836 e. The highest BCUT2D eigenvalue weighted by Crippen LogP contribution is 2.32. The van der Waals surface area contributed by atoms with Crippen molar-refractivity contribution in [1.82, 2.24) is 0 Å². The van der Waals surface area contributed by atoms with Crippen LogP contribution in [0, 0.1) is 12.1 Å². The third-order valence-electron chi connectivity index (χ3n) is 2.62. The van der Waals surface area contributed by atoms with Gasteiger partial charge in [0.2, 0.25) is 0 Å². The van der Waals surface area contributed by atoms with Crippen molar-refractivity contribution in [2.24, 2.45) is 0 Å². The molecule has 76 valence electrons. The Morgan fingerprint density at radius 1 is 1.00 bits per heavy atom. The molecule has 0 aliphatic heterocycles. The van der Waals surface area contributed by atoms with Gasteiger partial charge in [0.05, 0.1) is 0 Å². The molecule has 3 aromatic carbocycles. The van der Waals surface area contributed by atoms with Crippen molar-refractivity contribution in [2.75, 3.05) is 0 Å². The summed E-state index contributed by atoms with van der Waals surface area (Å²) < 4.78 is 0. The standard InChI is InChI=1S/C14H6Cl2/c15-10-5-6-12-11-4-2-1-3-9(11)7-14(16)13(12)8-10/h2-7H. The van der Waals surface area contributed by atoms with E-state index < -0.39 is 0 Å². The van der Waals surface area contributed by atoms with Crippen molar-refractivity contribution < 1.29 is 0 Å². The lowest BCUT2D eigenvalue weighted by Crippen LogP contribution is -1.79. The summed E-state index contributed by atoms with van der Waals surface area (Å²) in [5, 5.41) is 5.41. The van der Waals surface area contributed by atoms with Gasteiger partial charge in [-0.2, -0.15) is 0 Å². The van der Waals surface area contributed by atoms with Crippen LogP contribution in [-0.2, 0) is 0 Å². The van der Waals surface area contributed by atoms with E-state index in [9.17, 15) is 0 Å². The van der Waals surface area contributed by atoms with Crippen molar-refractivity contribution in [3.05, 3.63) is 58.6 Å². The first-order valence-electron chi connectivity index (χ1n) is 4.85. The monoisotopic (exact) mass is 244 g/mol. The molecule has 0 amide bonds. The van der Waals surface area contributed by atoms with Crippen LogP contribution in [0.5, 0.6) is 0 Å². The number of benzene rings is 3. The van der Waals surface area contributed by atoms with Crippen LogP contribution in [0.2, 0.25) is 10.0 Å². The Morgan fingerprint density at radius 3 is 2.75 bits per heavy atom. The largest absolute Gasteiger partial charge is 0.0836 e. The third-order valence-corrected chi connectivity index (χ3v) is 3.14. The first-order chi connectivity index (χ1) is 7.75. The quantitative estimate of drug-likeness (QED) is 0.494. The molecule has 0 aliphatic carbocycles. The second-order valence-electron chi connectivity index (χ2n) is 3.60. The van der Waals surface area contributed by atoms with Gasteiger partial charge in [0.1, 0.15) is 0 Å². The summed E-state index contributed by atoms with van der Waals surface area (Å²) in [5.74, 6) is 0. The van der Waals surface area contributed by atoms with Gasteiger partial charge in [-0.15, -0.1) is 0 Å². The topological polar surface area (TPSA) is 0 Å². The van der Waals surface area contributed by atoms with Crippen LogP contribution in [0.25, 0.3) is 21.5 Å². The van der Waals surface area contributed by atoms with Crippen LogP contribution >= 0.6 is 23.2 Å². The Balaban J connectivity index is 2.59. The van der Waals surface area contributed by atoms with Gasteiger partial charge in [-0.3, -0.25) is 0 Å². The molecule has 0 saturated heterocycles. The Labute approximate surface area is 103 Å². The fourth-order valence-corrected chi connectivity index (χ4v) is 2.32. The third kappa shape index (κ3) is 1.46. The average molecular weight is 245 g/mol. The van der Waals surface area contributed by atoms with Crippen LogP contribution in [0.4, 0.5) is 0 Å². The van der Waals surface area contributed by atoms with Gasteiger partial charge in [0, 0.05) is 21.5 Å². The normalized spacial score (nSPS) is 11.1. The number of fused-ring (bicyclic) bond motifs is 3. The second-order valence-corrected chi connectivity index (χ2v) is 4.41. The van der Waals surface area contributed by atoms with Gasteiger partial charge >= 0.3 is 0 Å². The summed E-state index contributed by atoms with van der Waals surface area (Å²) in [5.41, 5.74) is 0. The number of halogens is 2. The predicted octanol–water partition coefficient (Wildman–Crippen LogP) is 4.90. The molecule has 0 saturated carbocycles. The molecule has 3 rings (SSSR count). The van der Waals surface area contributed by atoms with E-state index in [-0.39, 0.29) is 0 Å². The lowest BCUT2D eigenvalue weighted by Gasteiger charge is -2.05. The summed E-state index contributed by atoms with van der Waals surface area (Å²) in [6, 6.07) is 17.7. The van der Waals surface area contributed by atoms with Crippen LogP contribution in [0.15, 0.2) is 36.4 Å². The van der Waals surface area contributed by atoms with Gasteiger partial charge in [-0.05, 0) is 40.4 Å². The average Bonchev–Trinajstić information content (AvgIpc) is 2.29. The summed E-state index contributed by atoms with van der Waals surface area (Å²) in [4.78, 5) is 0. The number of hydrogen-bond donors (Lipinski definition) is 0. The maximum atomic E-state index is 6.20. The highest BCUT2D eigenvalue weighted by Gasteiger charge is 2.05. The molecule has 0 N–H and O–H groups in total. The van der Waals surface area contributed by atoms with Gasteiger partial charge in [0.25, 0.3) is 0 Å². The van der Waals surface area contributed by atoms with Crippen molar-refractivity contribution >= 4 is 44.7 Å². The van der Waals surface area contributed by atoms with Gasteiger partial charge < -0.3 is 0 Å². The summed E-state index contributed by atoms with van der Waals surface area (Å²) >= 11 is 12.1. The Kier molecular flexibility index (Phi) is 2.27. The molecular weight excluding hydrogens is 239 g/mol. The Hall–Kier alpha value is -1.24. The van der Waals surface area contributed by atoms with Crippen LogP contribution in [-0.4, -0.2) is 0 Å². The molecule has 16 heavy (non-hydrogen) atoms. The minimum absolute atomic E-state index is 0.580. The van der Waals surface area contributed by atoms with Gasteiger partial charge in [-0.1, -0.05) is 41.4 Å². The molecule has 0 fully saturated rings. The van der Waals surface area contributed by atoms with E-state index >= 15 is 0 Å². The summed E-state index contributed by atoms with van der Waals surface area (Å²) in [7, 11) is 0. The van der Waals surface area contributed by atoms with Crippen molar-refractivity contribution in [3.63, 3.8) is 0 Å².